The number of nitriles is 1. The number of hydrogen-bond acceptors (Lipinski definition) is 4. The van der Waals surface area contributed by atoms with Crippen molar-refractivity contribution in [3.05, 3.63) is 65.7 Å². The predicted molar refractivity (Wildman–Crippen MR) is 113 cm³/mol. The summed E-state index contributed by atoms with van der Waals surface area (Å²) in [5.41, 5.74) is 1.89. The van der Waals surface area contributed by atoms with Gasteiger partial charge in [0.05, 0.1) is 11.6 Å². The van der Waals surface area contributed by atoms with Crippen molar-refractivity contribution in [1.82, 2.24) is 15.1 Å². The minimum absolute atomic E-state index is 0.0442. The fourth-order valence-corrected chi connectivity index (χ4v) is 4.01. The molecule has 0 saturated carbocycles. The molecule has 1 saturated heterocycles. The third-order valence-corrected chi connectivity index (χ3v) is 5.86. The van der Waals surface area contributed by atoms with E-state index in [1.807, 2.05) is 59.1 Å². The molecule has 1 aliphatic rings. The number of benzene rings is 2. The van der Waals surface area contributed by atoms with Crippen LogP contribution in [-0.4, -0.2) is 54.3 Å². The molecule has 6 heteroatoms. The van der Waals surface area contributed by atoms with Crippen molar-refractivity contribution in [3.63, 3.8) is 0 Å². The Morgan fingerprint density at radius 1 is 1.04 bits per heavy atom. The van der Waals surface area contributed by atoms with Gasteiger partial charge >= 0.3 is 6.03 Å². The van der Waals surface area contributed by atoms with Gasteiger partial charge in [-0.3, -0.25) is 4.90 Å². The van der Waals surface area contributed by atoms with E-state index in [1.165, 1.54) is 10.5 Å². The standard InChI is InChI=1S/C22H26N4OS/c23-17-19-7-9-20(10-8-19)18-25-12-14-26(15-13-25)22(27)24-11-4-16-28-21-5-2-1-3-6-21/h1-3,5-10H,4,11-16,18H2,(H,24,27). The molecule has 0 bridgehead atoms. The average molecular weight is 395 g/mol. The number of urea groups is 1. The van der Waals surface area contributed by atoms with Crippen molar-refractivity contribution in [2.75, 3.05) is 38.5 Å². The Morgan fingerprint density at radius 3 is 2.43 bits per heavy atom. The van der Waals surface area contributed by atoms with E-state index in [0.29, 0.717) is 12.1 Å². The van der Waals surface area contributed by atoms with E-state index in [-0.39, 0.29) is 6.03 Å². The van der Waals surface area contributed by atoms with E-state index in [1.54, 1.807) is 0 Å². The lowest BCUT2D eigenvalue weighted by Crippen LogP contribution is -2.51. The van der Waals surface area contributed by atoms with Crippen molar-refractivity contribution in [3.8, 4) is 6.07 Å². The van der Waals surface area contributed by atoms with Gasteiger partial charge in [-0.15, -0.1) is 11.8 Å². The van der Waals surface area contributed by atoms with Gasteiger partial charge in [0.15, 0.2) is 0 Å². The first-order valence-electron chi connectivity index (χ1n) is 9.66. The molecule has 3 rings (SSSR count). The summed E-state index contributed by atoms with van der Waals surface area (Å²) in [5, 5.41) is 11.9. The van der Waals surface area contributed by atoms with Crippen LogP contribution in [0.1, 0.15) is 17.5 Å². The van der Waals surface area contributed by atoms with E-state index in [2.05, 4.69) is 28.4 Å². The second-order valence-electron chi connectivity index (χ2n) is 6.82. The second-order valence-corrected chi connectivity index (χ2v) is 7.99. The molecule has 0 unspecified atom stereocenters. The van der Waals surface area contributed by atoms with Gasteiger partial charge in [-0.2, -0.15) is 5.26 Å². The summed E-state index contributed by atoms with van der Waals surface area (Å²) in [6.07, 6.45) is 0.962. The molecule has 2 aromatic rings. The third kappa shape index (κ3) is 6.29. The molecule has 0 aromatic heterocycles. The van der Waals surface area contributed by atoms with E-state index < -0.39 is 0 Å². The predicted octanol–water partition coefficient (Wildman–Crippen LogP) is 3.57. The Morgan fingerprint density at radius 2 is 1.75 bits per heavy atom. The Labute approximate surface area is 171 Å². The van der Waals surface area contributed by atoms with Crippen molar-refractivity contribution in [2.24, 2.45) is 0 Å². The van der Waals surface area contributed by atoms with Crippen molar-refractivity contribution in [2.45, 2.75) is 17.9 Å². The monoisotopic (exact) mass is 394 g/mol. The van der Waals surface area contributed by atoms with E-state index in [0.717, 1.165) is 44.9 Å². The number of rotatable bonds is 7. The summed E-state index contributed by atoms with van der Waals surface area (Å²) >= 11 is 1.82. The zero-order valence-electron chi connectivity index (χ0n) is 16.0. The SMILES string of the molecule is N#Cc1ccc(CN2CCN(C(=O)NCCCSc3ccccc3)CC2)cc1. The maximum atomic E-state index is 12.3. The number of nitrogens with zero attached hydrogens (tertiary/aromatic N) is 3. The van der Waals surface area contributed by atoms with Crippen LogP contribution in [0.2, 0.25) is 0 Å². The number of thioether (sulfide) groups is 1. The van der Waals surface area contributed by atoms with Gasteiger partial charge in [0.2, 0.25) is 0 Å². The van der Waals surface area contributed by atoms with Gasteiger partial charge in [0.1, 0.15) is 0 Å². The number of piperazine rings is 1. The van der Waals surface area contributed by atoms with Gasteiger partial charge in [0, 0.05) is 44.2 Å². The van der Waals surface area contributed by atoms with Gasteiger partial charge < -0.3 is 10.2 Å². The van der Waals surface area contributed by atoms with Crippen LogP contribution in [0.15, 0.2) is 59.5 Å². The molecule has 1 fully saturated rings. The lowest BCUT2D eigenvalue weighted by molar-refractivity contribution is 0.135. The van der Waals surface area contributed by atoms with Gasteiger partial charge in [-0.25, -0.2) is 4.79 Å². The van der Waals surface area contributed by atoms with E-state index >= 15 is 0 Å². The van der Waals surface area contributed by atoms with Crippen LogP contribution >= 0.6 is 11.8 Å². The van der Waals surface area contributed by atoms with Crippen LogP contribution in [-0.2, 0) is 6.54 Å². The highest BCUT2D eigenvalue weighted by Crippen LogP contribution is 2.17. The molecule has 146 valence electrons. The van der Waals surface area contributed by atoms with Crippen molar-refractivity contribution in [1.29, 1.82) is 5.26 Å². The molecule has 0 spiro atoms. The zero-order chi connectivity index (χ0) is 19.6. The van der Waals surface area contributed by atoms with Gasteiger partial charge in [0.25, 0.3) is 0 Å². The number of hydrogen-bond donors (Lipinski definition) is 1. The lowest BCUT2D eigenvalue weighted by Gasteiger charge is -2.34. The molecule has 1 aliphatic heterocycles. The van der Waals surface area contributed by atoms with Crippen molar-refractivity contribution >= 4 is 17.8 Å². The minimum atomic E-state index is 0.0442. The molecular weight excluding hydrogens is 368 g/mol. The Kier molecular flexibility index (Phi) is 7.77. The maximum Gasteiger partial charge on any atom is 0.317 e. The Bertz CT molecular complexity index is 780. The summed E-state index contributed by atoms with van der Waals surface area (Å²) in [5.74, 6) is 1.00. The molecule has 1 N–H and O–H groups in total. The number of nitrogens with one attached hydrogen (secondary N) is 1. The fourth-order valence-electron chi connectivity index (χ4n) is 3.14. The summed E-state index contributed by atoms with van der Waals surface area (Å²) in [6.45, 7) is 4.82. The van der Waals surface area contributed by atoms with Crippen LogP contribution in [0.25, 0.3) is 0 Å². The Hall–Kier alpha value is -2.49. The summed E-state index contributed by atoms with van der Waals surface area (Å²) in [6, 6.07) is 20.2. The van der Waals surface area contributed by atoms with Crippen molar-refractivity contribution < 1.29 is 4.79 Å². The third-order valence-electron chi connectivity index (χ3n) is 4.76. The normalized spacial score (nSPS) is 14.5. The van der Waals surface area contributed by atoms with E-state index in [4.69, 9.17) is 5.26 Å². The van der Waals surface area contributed by atoms with Crippen LogP contribution < -0.4 is 5.32 Å². The topological polar surface area (TPSA) is 59.4 Å². The molecule has 5 nitrogen and oxygen atoms in total. The highest BCUT2D eigenvalue weighted by Gasteiger charge is 2.20. The van der Waals surface area contributed by atoms with Crippen LogP contribution in [0.3, 0.4) is 0 Å². The smallest absolute Gasteiger partial charge is 0.317 e. The summed E-state index contributed by atoms with van der Waals surface area (Å²) in [7, 11) is 0. The summed E-state index contributed by atoms with van der Waals surface area (Å²) in [4.78, 5) is 17.8. The zero-order valence-corrected chi connectivity index (χ0v) is 16.8. The van der Waals surface area contributed by atoms with Crippen LogP contribution in [0.4, 0.5) is 4.79 Å². The molecule has 0 radical (unpaired) electrons. The second kappa shape index (κ2) is 10.7. The molecular formula is C22H26N4OS. The molecule has 2 aromatic carbocycles. The maximum absolute atomic E-state index is 12.3. The largest absolute Gasteiger partial charge is 0.338 e. The highest BCUT2D eigenvalue weighted by molar-refractivity contribution is 7.99. The first-order valence-corrected chi connectivity index (χ1v) is 10.7. The average Bonchev–Trinajstić information content (AvgIpc) is 2.75. The number of carbonyl (C=O) groups is 1. The molecule has 0 aliphatic carbocycles. The Balaban J connectivity index is 1.30. The molecule has 28 heavy (non-hydrogen) atoms. The van der Waals surface area contributed by atoms with E-state index in [9.17, 15) is 4.79 Å². The molecule has 1 heterocycles. The van der Waals surface area contributed by atoms with Crippen LogP contribution in [0.5, 0.6) is 0 Å². The number of carbonyl (C=O) groups excluding carboxylic acids is 1. The lowest BCUT2D eigenvalue weighted by atomic mass is 10.1. The number of amides is 2. The molecule has 2 amide bonds. The van der Waals surface area contributed by atoms with Crippen LogP contribution in [0, 0.1) is 11.3 Å². The van der Waals surface area contributed by atoms with Gasteiger partial charge in [-0.05, 0) is 42.0 Å². The first-order chi connectivity index (χ1) is 13.7. The highest BCUT2D eigenvalue weighted by atomic mass is 32.2. The van der Waals surface area contributed by atoms with Gasteiger partial charge in [-0.1, -0.05) is 30.3 Å². The molecule has 0 atom stereocenters. The minimum Gasteiger partial charge on any atom is -0.338 e. The quantitative estimate of drug-likeness (QED) is 0.576. The summed E-state index contributed by atoms with van der Waals surface area (Å²) < 4.78 is 0. The first kappa shape index (κ1) is 20.2. The fraction of sp³-hybridized carbons (Fsp3) is 0.364.